The highest BCUT2D eigenvalue weighted by Crippen LogP contribution is 2.30. The van der Waals surface area contributed by atoms with Crippen LogP contribution < -0.4 is 4.90 Å². The smallest absolute Gasteiger partial charge is 0.234 e. The summed E-state index contributed by atoms with van der Waals surface area (Å²) in [6.45, 7) is 1.43. The topological polar surface area (TPSA) is 54.5 Å². The van der Waals surface area contributed by atoms with Gasteiger partial charge in [-0.3, -0.25) is 14.4 Å². The molecule has 4 nitrogen and oxygen atoms in total. The molecule has 2 amide bonds. The quantitative estimate of drug-likeness (QED) is 0.565. The molecule has 0 N–H and O–H groups in total. The molecule has 0 radical (unpaired) electrons. The highest BCUT2D eigenvalue weighted by atomic mass is 32.1. The molecule has 0 aromatic carbocycles. The number of amides is 2. The third-order valence-corrected chi connectivity index (χ3v) is 3.26. The molecule has 15 heavy (non-hydrogen) atoms. The fourth-order valence-electron chi connectivity index (χ4n) is 1.59. The normalized spacial score (nSPS) is 16.2. The number of Topliss-reactive ketones (excluding diaryl/α,β-unsaturated/α-hetero) is 1. The van der Waals surface area contributed by atoms with E-state index < -0.39 is 0 Å². The molecule has 0 saturated carbocycles. The SMILES string of the molecule is CC(=O)c1sccc1N1C(=O)CCC1=O. The Morgan fingerprint density at radius 2 is 1.93 bits per heavy atom. The molecule has 1 saturated heterocycles. The third-order valence-electron chi connectivity index (χ3n) is 2.26. The Balaban J connectivity index is 2.45. The molecule has 1 aromatic rings. The van der Waals surface area contributed by atoms with Crippen molar-refractivity contribution in [2.45, 2.75) is 19.8 Å². The predicted octanol–water partition coefficient (Wildman–Crippen LogP) is 1.60. The summed E-state index contributed by atoms with van der Waals surface area (Å²) in [4.78, 5) is 35.8. The van der Waals surface area contributed by atoms with E-state index in [1.807, 2.05) is 0 Å². The number of imide groups is 1. The Morgan fingerprint density at radius 1 is 1.33 bits per heavy atom. The second-order valence-corrected chi connectivity index (χ2v) is 4.23. The molecule has 0 unspecified atom stereocenters. The van der Waals surface area contributed by atoms with E-state index in [0.717, 1.165) is 4.90 Å². The maximum Gasteiger partial charge on any atom is 0.234 e. The molecule has 0 aliphatic carbocycles. The number of rotatable bonds is 2. The fourth-order valence-corrected chi connectivity index (χ4v) is 2.37. The first-order valence-electron chi connectivity index (χ1n) is 4.55. The molecule has 78 valence electrons. The van der Waals surface area contributed by atoms with Crippen LogP contribution in [-0.2, 0) is 9.59 Å². The Bertz CT molecular complexity index is 433. The number of hydrogen-bond donors (Lipinski definition) is 0. The molecule has 1 aromatic heterocycles. The van der Waals surface area contributed by atoms with Crippen LogP contribution in [0.5, 0.6) is 0 Å². The van der Waals surface area contributed by atoms with Crippen molar-refractivity contribution in [3.63, 3.8) is 0 Å². The maximum atomic E-state index is 11.5. The van der Waals surface area contributed by atoms with Crippen LogP contribution in [0.1, 0.15) is 29.4 Å². The minimum absolute atomic E-state index is 0.118. The van der Waals surface area contributed by atoms with E-state index in [2.05, 4.69) is 0 Å². The first-order valence-corrected chi connectivity index (χ1v) is 5.43. The minimum atomic E-state index is -0.221. The number of carbonyl (C=O) groups is 3. The molecule has 5 heteroatoms. The van der Waals surface area contributed by atoms with Crippen LogP contribution in [0, 0.1) is 0 Å². The highest BCUT2D eigenvalue weighted by Gasteiger charge is 2.32. The van der Waals surface area contributed by atoms with Crippen LogP contribution in [0.3, 0.4) is 0 Å². The molecule has 2 rings (SSSR count). The monoisotopic (exact) mass is 223 g/mol. The summed E-state index contributed by atoms with van der Waals surface area (Å²) in [5.74, 6) is -0.561. The van der Waals surface area contributed by atoms with Gasteiger partial charge in [-0.15, -0.1) is 11.3 Å². The van der Waals surface area contributed by atoms with Crippen molar-refractivity contribution in [2.75, 3.05) is 4.90 Å². The number of hydrogen-bond acceptors (Lipinski definition) is 4. The third kappa shape index (κ3) is 1.59. The van der Waals surface area contributed by atoms with Crippen molar-refractivity contribution in [3.8, 4) is 0 Å². The molecule has 1 aliphatic heterocycles. The summed E-state index contributed by atoms with van der Waals surface area (Å²) in [5, 5.41) is 1.71. The van der Waals surface area contributed by atoms with Crippen molar-refractivity contribution in [3.05, 3.63) is 16.3 Å². The summed E-state index contributed by atoms with van der Waals surface area (Å²) in [6.07, 6.45) is 0.484. The van der Waals surface area contributed by atoms with Crippen LogP contribution in [0.4, 0.5) is 5.69 Å². The standard InChI is InChI=1S/C10H9NO3S/c1-6(12)10-7(4-5-15-10)11-8(13)2-3-9(11)14/h4-5H,2-3H2,1H3. The van der Waals surface area contributed by atoms with E-state index in [9.17, 15) is 14.4 Å². The number of carbonyl (C=O) groups excluding carboxylic acids is 3. The van der Waals surface area contributed by atoms with Crippen LogP contribution in [-0.4, -0.2) is 17.6 Å². The van der Waals surface area contributed by atoms with Crippen molar-refractivity contribution in [2.24, 2.45) is 0 Å². The van der Waals surface area contributed by atoms with Crippen molar-refractivity contribution in [1.29, 1.82) is 0 Å². The molecular formula is C10H9NO3S. The number of thiophene rings is 1. The van der Waals surface area contributed by atoms with Gasteiger partial charge in [0, 0.05) is 19.8 Å². The largest absolute Gasteiger partial charge is 0.294 e. The summed E-state index contributed by atoms with van der Waals surface area (Å²) in [6, 6.07) is 1.64. The zero-order valence-corrected chi connectivity index (χ0v) is 8.97. The van der Waals surface area contributed by atoms with E-state index in [-0.39, 0.29) is 30.4 Å². The summed E-state index contributed by atoms with van der Waals surface area (Å²) < 4.78 is 0. The lowest BCUT2D eigenvalue weighted by Crippen LogP contribution is -2.29. The van der Waals surface area contributed by atoms with Crippen LogP contribution in [0.15, 0.2) is 11.4 Å². The predicted molar refractivity (Wildman–Crippen MR) is 56.1 cm³/mol. The van der Waals surface area contributed by atoms with E-state index in [1.165, 1.54) is 18.3 Å². The van der Waals surface area contributed by atoms with Crippen LogP contribution >= 0.6 is 11.3 Å². The molecule has 0 bridgehead atoms. The number of nitrogens with zero attached hydrogens (tertiary/aromatic N) is 1. The van der Waals surface area contributed by atoms with Gasteiger partial charge in [-0.25, -0.2) is 4.90 Å². The maximum absolute atomic E-state index is 11.5. The van der Waals surface area contributed by atoms with Crippen LogP contribution in [0.25, 0.3) is 0 Å². The fraction of sp³-hybridized carbons (Fsp3) is 0.300. The zero-order valence-electron chi connectivity index (χ0n) is 8.15. The summed E-state index contributed by atoms with van der Waals surface area (Å²) in [5.41, 5.74) is 0.444. The van der Waals surface area contributed by atoms with Crippen molar-refractivity contribution < 1.29 is 14.4 Å². The van der Waals surface area contributed by atoms with Gasteiger partial charge in [0.1, 0.15) is 0 Å². The second kappa shape index (κ2) is 3.58. The molecule has 1 fully saturated rings. The number of ketones is 1. The Kier molecular flexibility index (Phi) is 2.40. The van der Waals surface area contributed by atoms with Crippen molar-refractivity contribution in [1.82, 2.24) is 0 Å². The molecule has 2 heterocycles. The summed E-state index contributed by atoms with van der Waals surface area (Å²) >= 11 is 1.25. The van der Waals surface area contributed by atoms with Gasteiger partial charge >= 0.3 is 0 Å². The highest BCUT2D eigenvalue weighted by molar-refractivity contribution is 7.12. The first kappa shape index (κ1) is 10.0. The lowest BCUT2D eigenvalue weighted by molar-refractivity contribution is -0.121. The van der Waals surface area contributed by atoms with Crippen molar-refractivity contribution >= 4 is 34.6 Å². The molecule has 0 atom stereocenters. The van der Waals surface area contributed by atoms with Gasteiger partial charge in [0.15, 0.2) is 5.78 Å². The lowest BCUT2D eigenvalue weighted by Gasteiger charge is -2.12. The van der Waals surface area contributed by atoms with Gasteiger partial charge in [-0.05, 0) is 11.4 Å². The van der Waals surface area contributed by atoms with Gasteiger partial charge in [0.25, 0.3) is 0 Å². The Labute approximate surface area is 90.5 Å². The van der Waals surface area contributed by atoms with E-state index in [1.54, 1.807) is 11.4 Å². The second-order valence-electron chi connectivity index (χ2n) is 3.31. The van der Waals surface area contributed by atoms with Gasteiger partial charge in [-0.2, -0.15) is 0 Å². The molecule has 1 aliphatic rings. The molecule has 0 spiro atoms. The van der Waals surface area contributed by atoms with Gasteiger partial charge in [0.2, 0.25) is 11.8 Å². The number of anilines is 1. The Morgan fingerprint density at radius 3 is 2.47 bits per heavy atom. The Hall–Kier alpha value is -1.49. The van der Waals surface area contributed by atoms with E-state index in [0.29, 0.717) is 10.6 Å². The lowest BCUT2D eigenvalue weighted by atomic mass is 10.3. The zero-order chi connectivity index (χ0) is 11.0. The first-order chi connectivity index (χ1) is 7.11. The molecular weight excluding hydrogens is 214 g/mol. The average Bonchev–Trinajstić information content (AvgIpc) is 2.73. The minimum Gasteiger partial charge on any atom is -0.294 e. The van der Waals surface area contributed by atoms with Gasteiger partial charge in [-0.1, -0.05) is 0 Å². The van der Waals surface area contributed by atoms with E-state index in [4.69, 9.17) is 0 Å². The van der Waals surface area contributed by atoms with E-state index >= 15 is 0 Å². The van der Waals surface area contributed by atoms with Crippen LogP contribution in [0.2, 0.25) is 0 Å². The van der Waals surface area contributed by atoms with Gasteiger partial charge in [0.05, 0.1) is 10.6 Å². The average molecular weight is 223 g/mol. The summed E-state index contributed by atoms with van der Waals surface area (Å²) in [7, 11) is 0. The van der Waals surface area contributed by atoms with Gasteiger partial charge < -0.3 is 0 Å².